The number of hydrogen-bond donors (Lipinski definition) is 0. The highest BCUT2D eigenvalue weighted by Gasteiger charge is 2.52. The van der Waals surface area contributed by atoms with Crippen molar-refractivity contribution in [2.75, 3.05) is 0 Å². The van der Waals surface area contributed by atoms with Crippen molar-refractivity contribution in [2.24, 2.45) is 0 Å². The summed E-state index contributed by atoms with van der Waals surface area (Å²) in [5.74, 6) is 0. The van der Waals surface area contributed by atoms with E-state index in [1.165, 1.54) is 0 Å². The number of hydrogen-bond acceptors (Lipinski definition) is 4. The summed E-state index contributed by atoms with van der Waals surface area (Å²) < 4.78 is 13.7. The van der Waals surface area contributed by atoms with Gasteiger partial charge in [-0.1, -0.05) is 11.6 Å². The number of pyridine rings is 1. The normalized spacial score (nSPS) is 20.0. The number of rotatable bonds is 2. The van der Waals surface area contributed by atoms with Crippen molar-refractivity contribution in [3.63, 3.8) is 0 Å². The molecule has 1 fully saturated rings. The minimum atomic E-state index is -0.420. The van der Waals surface area contributed by atoms with E-state index in [0.717, 1.165) is 11.2 Å². The zero-order chi connectivity index (χ0) is 15.3. The van der Waals surface area contributed by atoms with E-state index in [9.17, 15) is 0 Å². The van der Waals surface area contributed by atoms with E-state index in [-0.39, 0.29) is 11.2 Å². The standard InChI is InChI=1S/C14H17BClN3O2/c1-13(2)14(3,4)21-15(20-13)10-6-18-19(9-10)12-5-11(16)7-17-8-12/h5-9H,1-4H3. The van der Waals surface area contributed by atoms with Gasteiger partial charge in [0.05, 0.1) is 28.1 Å². The molecule has 3 heterocycles. The van der Waals surface area contributed by atoms with Gasteiger partial charge in [0.2, 0.25) is 0 Å². The molecule has 0 bridgehead atoms. The van der Waals surface area contributed by atoms with Crippen molar-refractivity contribution in [3.8, 4) is 5.69 Å². The highest BCUT2D eigenvalue weighted by molar-refractivity contribution is 6.62. The van der Waals surface area contributed by atoms with E-state index in [1.807, 2.05) is 33.9 Å². The van der Waals surface area contributed by atoms with Crippen molar-refractivity contribution < 1.29 is 9.31 Å². The molecule has 0 spiro atoms. The predicted octanol–water partition coefficient (Wildman–Crippen LogP) is 2.22. The van der Waals surface area contributed by atoms with Gasteiger partial charge in [0.1, 0.15) is 0 Å². The number of halogens is 1. The number of aromatic nitrogens is 3. The molecule has 0 N–H and O–H groups in total. The first-order valence-electron chi connectivity index (χ1n) is 6.80. The molecule has 21 heavy (non-hydrogen) atoms. The predicted molar refractivity (Wildman–Crippen MR) is 82.1 cm³/mol. The minimum Gasteiger partial charge on any atom is -0.399 e. The third-order valence-electron chi connectivity index (χ3n) is 4.08. The first-order valence-corrected chi connectivity index (χ1v) is 7.17. The second-order valence-corrected chi connectivity index (χ2v) is 6.60. The summed E-state index contributed by atoms with van der Waals surface area (Å²) in [4.78, 5) is 4.06. The fourth-order valence-corrected chi connectivity index (χ4v) is 2.27. The first-order chi connectivity index (χ1) is 9.78. The van der Waals surface area contributed by atoms with Crippen LogP contribution < -0.4 is 5.46 Å². The zero-order valence-electron chi connectivity index (χ0n) is 12.5. The van der Waals surface area contributed by atoms with E-state index in [2.05, 4.69) is 10.1 Å². The Kier molecular flexibility index (Phi) is 3.35. The van der Waals surface area contributed by atoms with Crippen LogP contribution >= 0.6 is 11.6 Å². The highest BCUT2D eigenvalue weighted by Crippen LogP contribution is 2.36. The Morgan fingerprint density at radius 3 is 2.38 bits per heavy atom. The Balaban J connectivity index is 1.87. The van der Waals surface area contributed by atoms with Gasteiger partial charge in [0, 0.05) is 24.1 Å². The Morgan fingerprint density at radius 2 is 1.76 bits per heavy atom. The molecule has 110 valence electrons. The molecule has 7 heteroatoms. The van der Waals surface area contributed by atoms with Gasteiger partial charge in [-0.05, 0) is 33.8 Å². The zero-order valence-corrected chi connectivity index (χ0v) is 13.3. The van der Waals surface area contributed by atoms with Crippen molar-refractivity contribution in [3.05, 3.63) is 35.9 Å². The smallest absolute Gasteiger partial charge is 0.399 e. The topological polar surface area (TPSA) is 49.2 Å². The van der Waals surface area contributed by atoms with Gasteiger partial charge in [-0.2, -0.15) is 5.10 Å². The molecule has 0 aliphatic carbocycles. The van der Waals surface area contributed by atoms with Gasteiger partial charge < -0.3 is 9.31 Å². The highest BCUT2D eigenvalue weighted by atomic mass is 35.5. The molecule has 0 aromatic carbocycles. The maximum Gasteiger partial charge on any atom is 0.498 e. The molecule has 0 radical (unpaired) electrons. The van der Waals surface area contributed by atoms with Crippen molar-refractivity contribution in [2.45, 2.75) is 38.9 Å². The lowest BCUT2D eigenvalue weighted by atomic mass is 9.82. The third-order valence-corrected chi connectivity index (χ3v) is 4.29. The lowest BCUT2D eigenvalue weighted by Crippen LogP contribution is -2.41. The second-order valence-electron chi connectivity index (χ2n) is 6.17. The van der Waals surface area contributed by atoms with Crippen LogP contribution in [0, 0.1) is 0 Å². The summed E-state index contributed by atoms with van der Waals surface area (Å²) in [7, 11) is -0.420. The fraction of sp³-hybridized carbons (Fsp3) is 0.429. The monoisotopic (exact) mass is 305 g/mol. The van der Waals surface area contributed by atoms with Crippen LogP contribution in [0.4, 0.5) is 0 Å². The van der Waals surface area contributed by atoms with Gasteiger partial charge in [-0.25, -0.2) is 4.68 Å². The largest absolute Gasteiger partial charge is 0.498 e. The van der Waals surface area contributed by atoms with E-state index in [0.29, 0.717) is 5.02 Å². The van der Waals surface area contributed by atoms with Crippen LogP contribution in [0.15, 0.2) is 30.9 Å². The van der Waals surface area contributed by atoms with Crippen molar-refractivity contribution in [1.29, 1.82) is 0 Å². The summed E-state index contributed by atoms with van der Waals surface area (Å²) in [6.07, 6.45) is 6.90. The van der Waals surface area contributed by atoms with Crippen LogP contribution in [0.1, 0.15) is 27.7 Å². The molecule has 0 saturated carbocycles. The van der Waals surface area contributed by atoms with Gasteiger partial charge in [-0.3, -0.25) is 4.98 Å². The van der Waals surface area contributed by atoms with E-state index in [1.54, 1.807) is 29.3 Å². The van der Waals surface area contributed by atoms with E-state index >= 15 is 0 Å². The molecule has 2 aromatic rings. The van der Waals surface area contributed by atoms with Crippen LogP contribution in [0.2, 0.25) is 5.02 Å². The van der Waals surface area contributed by atoms with Crippen molar-refractivity contribution >= 4 is 24.2 Å². The summed E-state index contributed by atoms with van der Waals surface area (Å²) >= 11 is 5.95. The summed E-state index contributed by atoms with van der Waals surface area (Å²) in [5, 5.41) is 4.90. The second kappa shape index (κ2) is 4.83. The first kappa shape index (κ1) is 14.6. The van der Waals surface area contributed by atoms with Gasteiger partial charge in [-0.15, -0.1) is 0 Å². The van der Waals surface area contributed by atoms with E-state index < -0.39 is 7.12 Å². The third kappa shape index (κ3) is 2.59. The quantitative estimate of drug-likeness (QED) is 0.798. The average Bonchev–Trinajstić information content (AvgIpc) is 2.93. The molecule has 1 saturated heterocycles. The Morgan fingerprint density at radius 1 is 1.10 bits per heavy atom. The molecule has 5 nitrogen and oxygen atoms in total. The lowest BCUT2D eigenvalue weighted by molar-refractivity contribution is 0.00578. The molecular weight excluding hydrogens is 288 g/mol. The summed E-state index contributed by atoms with van der Waals surface area (Å²) in [5.41, 5.74) is 0.938. The van der Waals surface area contributed by atoms with Crippen molar-refractivity contribution in [1.82, 2.24) is 14.8 Å². The summed E-state index contributed by atoms with van der Waals surface area (Å²) in [6, 6.07) is 1.80. The van der Waals surface area contributed by atoms with Crippen LogP contribution in [0.25, 0.3) is 5.69 Å². The number of nitrogens with zero attached hydrogens (tertiary/aromatic N) is 3. The average molecular weight is 306 g/mol. The van der Waals surface area contributed by atoms with Crippen LogP contribution in [-0.4, -0.2) is 33.1 Å². The Labute approximate surface area is 129 Å². The molecule has 0 amide bonds. The Bertz CT molecular complexity index is 656. The Hall–Kier alpha value is -1.37. The van der Waals surface area contributed by atoms with Crippen LogP contribution in [-0.2, 0) is 9.31 Å². The molecule has 0 unspecified atom stereocenters. The molecule has 1 aliphatic heterocycles. The van der Waals surface area contributed by atoms with Crippen LogP contribution in [0.5, 0.6) is 0 Å². The SMILES string of the molecule is CC1(C)OB(c2cnn(-c3cncc(Cl)c3)c2)OC1(C)C. The maximum absolute atomic E-state index is 6.01. The molecule has 3 rings (SSSR count). The molecule has 2 aromatic heterocycles. The maximum atomic E-state index is 6.01. The molecule has 0 atom stereocenters. The van der Waals surface area contributed by atoms with Gasteiger partial charge in [0.25, 0.3) is 0 Å². The fourth-order valence-electron chi connectivity index (χ4n) is 2.10. The van der Waals surface area contributed by atoms with E-state index in [4.69, 9.17) is 20.9 Å². The minimum absolute atomic E-state index is 0.364. The van der Waals surface area contributed by atoms with Gasteiger partial charge in [0.15, 0.2) is 0 Å². The molecule has 1 aliphatic rings. The van der Waals surface area contributed by atoms with Gasteiger partial charge >= 0.3 is 7.12 Å². The lowest BCUT2D eigenvalue weighted by Gasteiger charge is -2.32. The van der Waals surface area contributed by atoms with Crippen LogP contribution in [0.3, 0.4) is 0 Å². The molecular formula is C14H17BClN3O2. The summed E-state index contributed by atoms with van der Waals surface area (Å²) in [6.45, 7) is 8.10.